The number of guanidine groups is 1. The highest BCUT2D eigenvalue weighted by atomic mass is 127. The van der Waals surface area contributed by atoms with Crippen LogP contribution in [0.4, 0.5) is 8.78 Å². The second-order valence-electron chi connectivity index (χ2n) is 5.90. The average Bonchev–Trinajstić information content (AvgIpc) is 3.27. The van der Waals surface area contributed by atoms with Crippen LogP contribution in [0.25, 0.3) is 0 Å². The number of hydrogen-bond donors (Lipinski definition) is 2. The Morgan fingerprint density at radius 1 is 1.38 bits per heavy atom. The average molecular weight is 452 g/mol. The summed E-state index contributed by atoms with van der Waals surface area (Å²) in [6.07, 6.45) is 2.09. The fourth-order valence-corrected chi connectivity index (χ4v) is 1.98. The number of nitrogens with zero attached hydrogens (tertiary/aromatic N) is 2. The third-order valence-electron chi connectivity index (χ3n) is 3.57. The van der Waals surface area contributed by atoms with E-state index in [2.05, 4.69) is 15.6 Å². The van der Waals surface area contributed by atoms with Crippen molar-refractivity contribution in [2.75, 3.05) is 20.6 Å². The van der Waals surface area contributed by atoms with Gasteiger partial charge < -0.3 is 15.5 Å². The molecular formula is C16H23F2IN4O. The first-order valence-electron chi connectivity index (χ1n) is 7.59. The third kappa shape index (κ3) is 6.21. The number of halogens is 3. The van der Waals surface area contributed by atoms with Crippen LogP contribution in [0.15, 0.2) is 23.2 Å². The maximum atomic E-state index is 13.8. The summed E-state index contributed by atoms with van der Waals surface area (Å²) in [6.45, 7) is 1.77. The van der Waals surface area contributed by atoms with Crippen LogP contribution in [-0.2, 0) is 4.79 Å². The van der Waals surface area contributed by atoms with Crippen LogP contribution < -0.4 is 10.6 Å². The number of aliphatic imine (C=N–C) groups is 1. The van der Waals surface area contributed by atoms with Crippen LogP contribution in [0.1, 0.15) is 31.4 Å². The Hall–Kier alpha value is -1.45. The summed E-state index contributed by atoms with van der Waals surface area (Å²) in [7, 11) is 3.32. The van der Waals surface area contributed by atoms with Gasteiger partial charge in [-0.1, -0.05) is 6.07 Å². The van der Waals surface area contributed by atoms with Gasteiger partial charge in [0.1, 0.15) is 18.2 Å². The lowest BCUT2D eigenvalue weighted by Gasteiger charge is -2.19. The summed E-state index contributed by atoms with van der Waals surface area (Å²) < 4.78 is 26.8. The number of hydrogen-bond acceptors (Lipinski definition) is 2. The van der Waals surface area contributed by atoms with Crippen LogP contribution in [0.2, 0.25) is 0 Å². The second-order valence-corrected chi connectivity index (χ2v) is 5.90. The molecule has 0 radical (unpaired) electrons. The van der Waals surface area contributed by atoms with Crippen molar-refractivity contribution in [3.05, 3.63) is 35.4 Å². The molecule has 1 aromatic carbocycles. The lowest BCUT2D eigenvalue weighted by atomic mass is 10.1. The van der Waals surface area contributed by atoms with Gasteiger partial charge in [-0.15, -0.1) is 24.0 Å². The molecule has 1 saturated carbocycles. The van der Waals surface area contributed by atoms with Crippen molar-refractivity contribution in [2.45, 2.75) is 31.8 Å². The van der Waals surface area contributed by atoms with Crippen molar-refractivity contribution in [2.24, 2.45) is 4.99 Å². The molecule has 0 heterocycles. The number of benzene rings is 1. The van der Waals surface area contributed by atoms with Crippen LogP contribution in [0.5, 0.6) is 0 Å². The van der Waals surface area contributed by atoms with E-state index in [9.17, 15) is 13.6 Å². The Kier molecular flexibility index (Phi) is 7.85. The van der Waals surface area contributed by atoms with E-state index < -0.39 is 17.7 Å². The number of carbonyl (C=O) groups excluding carboxylic acids is 1. The quantitative estimate of drug-likeness (QED) is 0.410. The predicted octanol–water partition coefficient (Wildman–Crippen LogP) is 2.43. The molecule has 5 nitrogen and oxygen atoms in total. The zero-order valence-corrected chi connectivity index (χ0v) is 16.3. The van der Waals surface area contributed by atoms with E-state index in [1.807, 2.05) is 0 Å². The highest BCUT2D eigenvalue weighted by Gasteiger charge is 2.23. The van der Waals surface area contributed by atoms with Gasteiger partial charge in [-0.2, -0.15) is 0 Å². The number of nitrogens with one attached hydrogen (secondary N) is 2. The predicted molar refractivity (Wildman–Crippen MR) is 100 cm³/mol. The topological polar surface area (TPSA) is 56.7 Å². The Bertz CT molecular complexity index is 606. The monoisotopic (exact) mass is 452 g/mol. The molecular weight excluding hydrogens is 429 g/mol. The van der Waals surface area contributed by atoms with Gasteiger partial charge in [0.15, 0.2) is 5.96 Å². The summed E-state index contributed by atoms with van der Waals surface area (Å²) in [5.74, 6) is -0.887. The van der Waals surface area contributed by atoms with Gasteiger partial charge >= 0.3 is 0 Å². The first-order chi connectivity index (χ1) is 10.9. The molecule has 1 amide bonds. The third-order valence-corrected chi connectivity index (χ3v) is 3.57. The van der Waals surface area contributed by atoms with Crippen molar-refractivity contribution < 1.29 is 13.6 Å². The van der Waals surface area contributed by atoms with Crippen molar-refractivity contribution in [1.82, 2.24) is 15.5 Å². The molecule has 1 aliphatic carbocycles. The van der Waals surface area contributed by atoms with Crippen LogP contribution in [0.3, 0.4) is 0 Å². The Balaban J connectivity index is 0.00000288. The molecule has 1 fully saturated rings. The van der Waals surface area contributed by atoms with E-state index in [-0.39, 0.29) is 36.4 Å². The van der Waals surface area contributed by atoms with Gasteiger partial charge in [0.2, 0.25) is 5.91 Å². The summed E-state index contributed by atoms with van der Waals surface area (Å²) in [6, 6.07) is 3.41. The second kappa shape index (κ2) is 9.14. The highest BCUT2D eigenvalue weighted by Crippen LogP contribution is 2.20. The molecule has 24 heavy (non-hydrogen) atoms. The van der Waals surface area contributed by atoms with Crippen molar-refractivity contribution >= 4 is 35.8 Å². The molecule has 2 rings (SSSR count). The van der Waals surface area contributed by atoms with E-state index in [0.29, 0.717) is 17.6 Å². The molecule has 1 aliphatic rings. The fourth-order valence-electron chi connectivity index (χ4n) is 1.98. The fraction of sp³-hybridized carbons (Fsp3) is 0.500. The van der Waals surface area contributed by atoms with Gasteiger partial charge in [-0.3, -0.25) is 4.79 Å². The molecule has 0 saturated heterocycles. The summed E-state index contributed by atoms with van der Waals surface area (Å²) in [5, 5.41) is 6.25. The Labute approximate surface area is 157 Å². The minimum absolute atomic E-state index is 0. The number of rotatable bonds is 5. The number of amides is 1. The molecule has 0 spiro atoms. The van der Waals surface area contributed by atoms with Crippen LogP contribution in [0, 0.1) is 11.6 Å². The van der Waals surface area contributed by atoms with Crippen molar-refractivity contribution in [3.8, 4) is 0 Å². The van der Waals surface area contributed by atoms with E-state index in [1.54, 1.807) is 21.0 Å². The summed E-state index contributed by atoms with van der Waals surface area (Å²) in [5.41, 5.74) is 0.343. The van der Waals surface area contributed by atoms with Gasteiger partial charge in [0, 0.05) is 31.8 Å². The van der Waals surface area contributed by atoms with Gasteiger partial charge in [0.25, 0.3) is 0 Å². The first kappa shape index (κ1) is 20.6. The SMILES string of the molecule is C[C@@H](NC(=NCC(=O)N(C)C)NC1CC1)c1ccc(F)cc1F.I. The van der Waals surface area contributed by atoms with Gasteiger partial charge in [0.05, 0.1) is 6.04 Å². The molecule has 8 heteroatoms. The van der Waals surface area contributed by atoms with Crippen LogP contribution in [-0.4, -0.2) is 43.4 Å². The normalized spacial score (nSPS) is 15.3. The molecule has 134 valence electrons. The van der Waals surface area contributed by atoms with Crippen molar-refractivity contribution in [3.63, 3.8) is 0 Å². The zero-order chi connectivity index (χ0) is 17.0. The van der Waals surface area contributed by atoms with Gasteiger partial charge in [-0.05, 0) is 25.8 Å². The molecule has 0 unspecified atom stereocenters. The molecule has 0 aromatic heterocycles. The van der Waals surface area contributed by atoms with E-state index in [0.717, 1.165) is 18.9 Å². The number of carbonyl (C=O) groups is 1. The molecule has 2 N–H and O–H groups in total. The largest absolute Gasteiger partial charge is 0.354 e. The first-order valence-corrected chi connectivity index (χ1v) is 7.59. The minimum Gasteiger partial charge on any atom is -0.354 e. The maximum absolute atomic E-state index is 13.8. The molecule has 0 bridgehead atoms. The molecule has 1 aromatic rings. The smallest absolute Gasteiger partial charge is 0.243 e. The Morgan fingerprint density at radius 2 is 2.04 bits per heavy atom. The maximum Gasteiger partial charge on any atom is 0.243 e. The van der Waals surface area contributed by atoms with Crippen LogP contribution >= 0.6 is 24.0 Å². The lowest BCUT2D eigenvalue weighted by molar-refractivity contribution is -0.127. The van der Waals surface area contributed by atoms with Crippen molar-refractivity contribution in [1.29, 1.82) is 0 Å². The van der Waals surface area contributed by atoms with E-state index >= 15 is 0 Å². The summed E-state index contributed by atoms with van der Waals surface area (Å²) >= 11 is 0. The number of likely N-dealkylation sites (N-methyl/N-ethyl adjacent to an activating group) is 1. The minimum atomic E-state index is -0.611. The molecule has 0 aliphatic heterocycles. The standard InChI is InChI=1S/C16H22F2N4O.HI/c1-10(13-7-4-11(17)8-14(13)18)20-16(21-12-5-6-12)19-9-15(23)22(2)3;/h4,7-8,10,12H,5-6,9H2,1-3H3,(H2,19,20,21);1H/t10-;/m1./s1. The van der Waals surface area contributed by atoms with E-state index in [4.69, 9.17) is 0 Å². The van der Waals surface area contributed by atoms with E-state index in [1.165, 1.54) is 17.0 Å². The Morgan fingerprint density at radius 3 is 2.58 bits per heavy atom. The molecule has 1 atom stereocenters. The lowest BCUT2D eigenvalue weighted by Crippen LogP contribution is -2.41. The highest BCUT2D eigenvalue weighted by molar-refractivity contribution is 14.0. The summed E-state index contributed by atoms with van der Waals surface area (Å²) in [4.78, 5) is 17.4. The van der Waals surface area contributed by atoms with Gasteiger partial charge in [-0.25, -0.2) is 13.8 Å². The zero-order valence-electron chi connectivity index (χ0n) is 14.0.